The number of nitro benzene ring substituents is 1. The number of carbonyl (C=O) groups excluding carboxylic acids is 1. The molecule has 1 aromatic carbocycles. The summed E-state index contributed by atoms with van der Waals surface area (Å²) >= 11 is 0. The molecule has 2 N–H and O–H groups in total. The van der Waals surface area contributed by atoms with Gasteiger partial charge in [-0.15, -0.1) is 0 Å². The van der Waals surface area contributed by atoms with Gasteiger partial charge in [0.1, 0.15) is 5.75 Å². The highest BCUT2D eigenvalue weighted by molar-refractivity contribution is 5.97. The zero-order valence-electron chi connectivity index (χ0n) is 9.88. The standard InChI is InChI=1S/C11H14N2O5/c1-18-10-7-8(13(16)17)3-4-9(10)11(15)12-5-2-6-14/h3-4,7,14H,2,5-6H2,1H3,(H,12,15). The van der Waals surface area contributed by atoms with E-state index >= 15 is 0 Å². The molecule has 7 nitrogen and oxygen atoms in total. The minimum Gasteiger partial charge on any atom is -0.496 e. The number of amides is 1. The molecular formula is C11H14N2O5. The first-order chi connectivity index (χ1) is 8.60. The van der Waals surface area contributed by atoms with Gasteiger partial charge in [-0.1, -0.05) is 0 Å². The van der Waals surface area contributed by atoms with Crippen LogP contribution < -0.4 is 10.1 Å². The summed E-state index contributed by atoms with van der Waals surface area (Å²) < 4.78 is 4.95. The molecule has 0 fully saturated rings. The van der Waals surface area contributed by atoms with Crippen LogP contribution in [-0.4, -0.2) is 36.2 Å². The van der Waals surface area contributed by atoms with Gasteiger partial charge in [0.15, 0.2) is 0 Å². The van der Waals surface area contributed by atoms with Crippen molar-refractivity contribution < 1.29 is 19.6 Å². The quantitative estimate of drug-likeness (QED) is 0.442. The summed E-state index contributed by atoms with van der Waals surface area (Å²) in [6, 6.07) is 3.77. The fourth-order valence-corrected chi connectivity index (χ4v) is 1.36. The Balaban J connectivity index is 2.88. The average molecular weight is 254 g/mol. The van der Waals surface area contributed by atoms with Gasteiger partial charge in [0.25, 0.3) is 11.6 Å². The number of benzene rings is 1. The third kappa shape index (κ3) is 3.42. The summed E-state index contributed by atoms with van der Waals surface area (Å²) in [6.07, 6.45) is 0.445. The lowest BCUT2D eigenvalue weighted by Gasteiger charge is -2.08. The van der Waals surface area contributed by atoms with Crippen LogP contribution in [0.4, 0.5) is 5.69 Å². The molecule has 0 saturated carbocycles. The maximum Gasteiger partial charge on any atom is 0.273 e. The SMILES string of the molecule is COc1cc([N+](=O)[O-])ccc1C(=O)NCCCO. The topological polar surface area (TPSA) is 102 Å². The maximum atomic E-state index is 11.7. The molecule has 0 aromatic heterocycles. The van der Waals surface area contributed by atoms with E-state index < -0.39 is 10.8 Å². The van der Waals surface area contributed by atoms with Gasteiger partial charge in [0.05, 0.1) is 23.7 Å². The van der Waals surface area contributed by atoms with Gasteiger partial charge in [-0.3, -0.25) is 14.9 Å². The van der Waals surface area contributed by atoms with Crippen LogP contribution in [0.15, 0.2) is 18.2 Å². The number of aliphatic hydroxyl groups is 1. The van der Waals surface area contributed by atoms with Crippen molar-refractivity contribution >= 4 is 11.6 Å². The second-order valence-corrected chi connectivity index (χ2v) is 3.47. The summed E-state index contributed by atoms with van der Waals surface area (Å²) in [5.74, 6) is -0.249. The predicted molar refractivity (Wildman–Crippen MR) is 63.7 cm³/mol. The first-order valence-corrected chi connectivity index (χ1v) is 5.31. The Bertz CT molecular complexity index is 447. The Hall–Kier alpha value is -2.15. The Morgan fingerprint density at radius 2 is 2.28 bits per heavy atom. The zero-order chi connectivity index (χ0) is 13.5. The largest absolute Gasteiger partial charge is 0.496 e. The van der Waals surface area contributed by atoms with Crippen molar-refractivity contribution in [2.75, 3.05) is 20.3 Å². The van der Waals surface area contributed by atoms with Crippen molar-refractivity contribution in [2.45, 2.75) is 6.42 Å². The molecule has 0 aliphatic carbocycles. The van der Waals surface area contributed by atoms with Crippen LogP contribution in [0, 0.1) is 10.1 Å². The van der Waals surface area contributed by atoms with Crippen LogP contribution in [0.25, 0.3) is 0 Å². The molecule has 0 aliphatic heterocycles. The molecule has 1 rings (SSSR count). The van der Waals surface area contributed by atoms with Gasteiger partial charge < -0.3 is 15.2 Å². The van der Waals surface area contributed by atoms with Crippen molar-refractivity contribution in [1.82, 2.24) is 5.32 Å². The number of nitro groups is 1. The zero-order valence-corrected chi connectivity index (χ0v) is 9.88. The van der Waals surface area contributed by atoms with Gasteiger partial charge in [-0.2, -0.15) is 0 Å². The Labute approximate surface area is 104 Å². The lowest BCUT2D eigenvalue weighted by atomic mass is 10.1. The molecule has 0 spiro atoms. The molecule has 7 heteroatoms. The number of nitrogens with one attached hydrogen (secondary N) is 1. The second kappa shape index (κ2) is 6.55. The number of aliphatic hydroxyl groups excluding tert-OH is 1. The Morgan fingerprint density at radius 3 is 2.83 bits per heavy atom. The van der Waals surface area contributed by atoms with E-state index in [0.717, 1.165) is 0 Å². The minimum absolute atomic E-state index is 0.0162. The van der Waals surface area contributed by atoms with Crippen LogP contribution in [-0.2, 0) is 0 Å². The molecule has 0 atom stereocenters. The summed E-state index contributed by atoms with van der Waals surface area (Å²) in [6.45, 7) is 0.313. The number of hydrogen-bond donors (Lipinski definition) is 2. The van der Waals surface area contributed by atoms with E-state index in [2.05, 4.69) is 5.32 Å². The molecule has 0 heterocycles. The number of rotatable bonds is 6. The van der Waals surface area contributed by atoms with Crippen molar-refractivity contribution in [1.29, 1.82) is 0 Å². The Morgan fingerprint density at radius 1 is 1.56 bits per heavy atom. The van der Waals surface area contributed by atoms with E-state index in [0.29, 0.717) is 13.0 Å². The van der Waals surface area contributed by atoms with Crippen molar-refractivity contribution in [2.24, 2.45) is 0 Å². The van der Waals surface area contributed by atoms with Crippen LogP contribution in [0.2, 0.25) is 0 Å². The Kier molecular flexibility index (Phi) is 5.06. The molecule has 1 amide bonds. The molecule has 0 radical (unpaired) electrons. The number of ether oxygens (including phenoxy) is 1. The van der Waals surface area contributed by atoms with Gasteiger partial charge in [0.2, 0.25) is 0 Å². The van der Waals surface area contributed by atoms with Gasteiger partial charge in [-0.05, 0) is 12.5 Å². The first-order valence-electron chi connectivity index (χ1n) is 5.31. The van der Waals surface area contributed by atoms with Crippen molar-refractivity contribution in [3.05, 3.63) is 33.9 Å². The molecule has 1 aromatic rings. The van der Waals surface area contributed by atoms with E-state index in [1.54, 1.807) is 0 Å². The molecule has 0 aliphatic rings. The van der Waals surface area contributed by atoms with Crippen LogP contribution in [0.3, 0.4) is 0 Å². The fourth-order valence-electron chi connectivity index (χ4n) is 1.36. The van der Waals surface area contributed by atoms with Gasteiger partial charge in [0, 0.05) is 19.2 Å². The van der Waals surface area contributed by atoms with Crippen LogP contribution in [0.5, 0.6) is 5.75 Å². The number of carbonyl (C=O) groups is 1. The third-order valence-electron chi connectivity index (χ3n) is 2.26. The average Bonchev–Trinajstić information content (AvgIpc) is 2.38. The smallest absolute Gasteiger partial charge is 0.273 e. The van der Waals surface area contributed by atoms with E-state index in [1.165, 1.54) is 25.3 Å². The number of hydrogen-bond acceptors (Lipinski definition) is 5. The van der Waals surface area contributed by atoms with E-state index in [1.807, 2.05) is 0 Å². The lowest BCUT2D eigenvalue weighted by Crippen LogP contribution is -2.25. The maximum absolute atomic E-state index is 11.7. The molecule has 98 valence electrons. The normalized spacial score (nSPS) is 9.89. The van der Waals surface area contributed by atoms with E-state index in [4.69, 9.17) is 9.84 Å². The van der Waals surface area contributed by atoms with E-state index in [9.17, 15) is 14.9 Å². The number of non-ortho nitro benzene ring substituents is 1. The second-order valence-electron chi connectivity index (χ2n) is 3.47. The molecule has 0 unspecified atom stereocenters. The van der Waals surface area contributed by atoms with E-state index in [-0.39, 0.29) is 23.6 Å². The summed E-state index contributed by atoms with van der Waals surface area (Å²) in [5, 5.41) is 21.8. The molecule has 0 saturated heterocycles. The molecular weight excluding hydrogens is 240 g/mol. The lowest BCUT2D eigenvalue weighted by molar-refractivity contribution is -0.384. The van der Waals surface area contributed by atoms with Crippen molar-refractivity contribution in [3.8, 4) is 5.75 Å². The minimum atomic E-state index is -0.560. The highest BCUT2D eigenvalue weighted by Gasteiger charge is 2.16. The van der Waals surface area contributed by atoms with Crippen LogP contribution >= 0.6 is 0 Å². The number of nitrogens with zero attached hydrogens (tertiary/aromatic N) is 1. The van der Waals surface area contributed by atoms with Crippen molar-refractivity contribution in [3.63, 3.8) is 0 Å². The summed E-state index contributed by atoms with van der Waals surface area (Å²) in [4.78, 5) is 21.8. The highest BCUT2D eigenvalue weighted by Crippen LogP contribution is 2.24. The van der Waals surface area contributed by atoms with Crippen LogP contribution in [0.1, 0.15) is 16.8 Å². The van der Waals surface area contributed by atoms with Gasteiger partial charge >= 0.3 is 0 Å². The number of methoxy groups -OCH3 is 1. The first kappa shape index (κ1) is 13.9. The molecule has 0 bridgehead atoms. The van der Waals surface area contributed by atoms with Gasteiger partial charge in [-0.25, -0.2) is 0 Å². The summed E-state index contributed by atoms with van der Waals surface area (Å²) in [5.41, 5.74) is 0.0831. The highest BCUT2D eigenvalue weighted by atomic mass is 16.6. The predicted octanol–water partition coefficient (Wildman–Crippen LogP) is 0.716. The molecule has 18 heavy (non-hydrogen) atoms. The fraction of sp³-hybridized carbons (Fsp3) is 0.364. The monoisotopic (exact) mass is 254 g/mol. The third-order valence-corrected chi connectivity index (χ3v) is 2.26. The summed E-state index contributed by atoms with van der Waals surface area (Å²) in [7, 11) is 1.34.